The van der Waals surface area contributed by atoms with Crippen LogP contribution in [-0.4, -0.2) is 59.4 Å². The monoisotopic (exact) mass is 503 g/mol. The van der Waals surface area contributed by atoms with Crippen molar-refractivity contribution in [2.24, 2.45) is 4.99 Å². The number of aliphatic imine (C=N–C) groups is 1. The van der Waals surface area contributed by atoms with E-state index < -0.39 is 0 Å². The molecule has 1 unspecified atom stereocenters. The smallest absolute Gasteiger partial charge is 0.191 e. The minimum Gasteiger partial charge on any atom is -0.357 e. The molecule has 0 amide bonds. The Bertz CT molecular complexity index is 733. The van der Waals surface area contributed by atoms with Crippen LogP contribution in [-0.2, 0) is 13.0 Å². The predicted molar refractivity (Wildman–Crippen MR) is 122 cm³/mol. The highest BCUT2D eigenvalue weighted by Gasteiger charge is 2.14. The zero-order valence-corrected chi connectivity index (χ0v) is 19.4. The van der Waals surface area contributed by atoms with Gasteiger partial charge in [-0.15, -0.1) is 34.2 Å². The van der Waals surface area contributed by atoms with Crippen molar-refractivity contribution >= 4 is 29.9 Å². The van der Waals surface area contributed by atoms with Crippen molar-refractivity contribution in [2.45, 2.75) is 32.9 Å². The molecule has 2 N–H and O–H groups in total. The molecule has 0 aliphatic heterocycles. The van der Waals surface area contributed by atoms with E-state index in [9.17, 15) is 4.39 Å². The molecule has 7 nitrogen and oxygen atoms in total. The Balaban J connectivity index is 0.00000392. The highest BCUT2D eigenvalue weighted by molar-refractivity contribution is 14.0. The van der Waals surface area contributed by atoms with Crippen molar-refractivity contribution in [1.82, 2.24) is 30.3 Å². The van der Waals surface area contributed by atoms with E-state index >= 15 is 0 Å². The lowest BCUT2D eigenvalue weighted by molar-refractivity contribution is 0.305. The molecular weight excluding hydrogens is 472 g/mol. The third-order valence-corrected chi connectivity index (χ3v) is 4.28. The van der Waals surface area contributed by atoms with Crippen LogP contribution in [0.4, 0.5) is 4.39 Å². The fourth-order valence-corrected chi connectivity index (χ4v) is 2.83. The number of guanidine groups is 1. The quantitative estimate of drug-likeness (QED) is 0.313. The summed E-state index contributed by atoms with van der Waals surface area (Å²) in [4.78, 5) is 6.74. The van der Waals surface area contributed by atoms with Crippen molar-refractivity contribution in [1.29, 1.82) is 0 Å². The van der Waals surface area contributed by atoms with Gasteiger partial charge in [-0.25, -0.2) is 4.39 Å². The van der Waals surface area contributed by atoms with Crippen molar-refractivity contribution < 1.29 is 4.39 Å². The molecule has 1 atom stereocenters. The molecule has 0 aliphatic rings. The summed E-state index contributed by atoms with van der Waals surface area (Å²) in [5.74, 6) is 1.48. The maximum absolute atomic E-state index is 13.6. The van der Waals surface area contributed by atoms with Crippen LogP contribution in [0.15, 0.2) is 35.6 Å². The topological polar surface area (TPSA) is 70.4 Å². The molecule has 2 rings (SSSR count). The maximum Gasteiger partial charge on any atom is 0.191 e. The van der Waals surface area contributed by atoms with Gasteiger partial charge in [-0.3, -0.25) is 4.99 Å². The van der Waals surface area contributed by atoms with Crippen LogP contribution in [0.3, 0.4) is 0 Å². The lowest BCUT2D eigenvalue weighted by atomic mass is 10.1. The van der Waals surface area contributed by atoms with Crippen molar-refractivity contribution in [2.75, 3.05) is 33.7 Å². The molecule has 0 fully saturated rings. The number of aryl methyl sites for hydroxylation is 1. The molecule has 0 spiro atoms. The molecule has 0 saturated heterocycles. The van der Waals surface area contributed by atoms with Crippen molar-refractivity contribution in [3.05, 3.63) is 47.8 Å². The van der Waals surface area contributed by atoms with Gasteiger partial charge >= 0.3 is 0 Å². The van der Waals surface area contributed by atoms with Crippen LogP contribution < -0.4 is 10.6 Å². The Hall–Kier alpha value is -1.75. The van der Waals surface area contributed by atoms with Gasteiger partial charge in [-0.2, -0.15) is 0 Å². The van der Waals surface area contributed by atoms with Gasteiger partial charge in [0.2, 0.25) is 0 Å². The number of hydrogen-bond donors (Lipinski definition) is 2. The van der Waals surface area contributed by atoms with E-state index in [-0.39, 0.29) is 35.8 Å². The van der Waals surface area contributed by atoms with Crippen LogP contribution in [0.25, 0.3) is 0 Å². The largest absolute Gasteiger partial charge is 0.357 e. The van der Waals surface area contributed by atoms with Crippen molar-refractivity contribution in [3.8, 4) is 0 Å². The van der Waals surface area contributed by atoms with Gasteiger partial charge in [0.25, 0.3) is 0 Å². The van der Waals surface area contributed by atoms with E-state index in [0.717, 1.165) is 36.9 Å². The normalized spacial score (nSPS) is 12.6. The second-order valence-corrected chi connectivity index (χ2v) is 6.47. The molecule has 28 heavy (non-hydrogen) atoms. The summed E-state index contributed by atoms with van der Waals surface area (Å²) in [6.07, 6.45) is 2.60. The number of halogens is 2. The minimum absolute atomic E-state index is 0. The first-order valence-corrected chi connectivity index (χ1v) is 9.35. The molecule has 0 saturated carbocycles. The van der Waals surface area contributed by atoms with Crippen LogP contribution in [0.2, 0.25) is 0 Å². The Kier molecular flexibility index (Phi) is 11.0. The molecule has 1 aromatic carbocycles. The molecule has 0 aliphatic carbocycles. The number of hydrogen-bond acceptors (Lipinski definition) is 4. The predicted octanol–water partition coefficient (Wildman–Crippen LogP) is 2.46. The van der Waals surface area contributed by atoms with Gasteiger partial charge < -0.3 is 20.1 Å². The first-order valence-electron chi connectivity index (χ1n) is 9.35. The molecule has 0 bridgehead atoms. The fourth-order valence-electron chi connectivity index (χ4n) is 2.83. The summed E-state index contributed by atoms with van der Waals surface area (Å²) < 4.78 is 15.6. The molecule has 1 aromatic heterocycles. The Labute approximate surface area is 183 Å². The molecule has 0 radical (unpaired) electrons. The minimum atomic E-state index is -0.228. The van der Waals surface area contributed by atoms with E-state index in [0.29, 0.717) is 13.1 Å². The second-order valence-electron chi connectivity index (χ2n) is 6.47. The van der Waals surface area contributed by atoms with Gasteiger partial charge in [-0.1, -0.05) is 19.1 Å². The van der Waals surface area contributed by atoms with E-state index in [1.165, 1.54) is 6.07 Å². The summed E-state index contributed by atoms with van der Waals surface area (Å²) in [7, 11) is 3.95. The lowest BCUT2D eigenvalue weighted by Crippen LogP contribution is -2.39. The number of nitrogens with one attached hydrogen (secondary N) is 2. The van der Waals surface area contributed by atoms with Crippen molar-refractivity contribution in [3.63, 3.8) is 0 Å². The molecule has 2 aromatic rings. The highest BCUT2D eigenvalue weighted by Crippen LogP contribution is 2.19. The Morgan fingerprint density at radius 1 is 1.29 bits per heavy atom. The summed E-state index contributed by atoms with van der Waals surface area (Å²) in [6, 6.07) is 6.70. The van der Waals surface area contributed by atoms with E-state index in [4.69, 9.17) is 4.99 Å². The third-order valence-electron chi connectivity index (χ3n) is 4.28. The van der Waals surface area contributed by atoms with Crippen LogP contribution in [0, 0.1) is 5.82 Å². The van der Waals surface area contributed by atoms with E-state index in [2.05, 4.69) is 27.8 Å². The third kappa shape index (κ3) is 7.34. The molecular formula is C19H31FIN7. The van der Waals surface area contributed by atoms with Gasteiger partial charge in [-0.05, 0) is 38.7 Å². The highest BCUT2D eigenvalue weighted by atomic mass is 127. The average Bonchev–Trinajstić information content (AvgIpc) is 3.09. The summed E-state index contributed by atoms with van der Waals surface area (Å²) >= 11 is 0. The summed E-state index contributed by atoms with van der Waals surface area (Å²) in [6.45, 7) is 6.87. The van der Waals surface area contributed by atoms with Crippen LogP contribution in [0.1, 0.15) is 31.3 Å². The van der Waals surface area contributed by atoms with Gasteiger partial charge in [0.15, 0.2) is 5.96 Å². The first-order chi connectivity index (χ1) is 13.0. The maximum atomic E-state index is 13.6. The number of nitrogens with zero attached hydrogens (tertiary/aromatic N) is 5. The second kappa shape index (κ2) is 12.7. The number of likely N-dealkylation sites (N-methyl/N-ethyl adjacent to an activating group) is 1. The zero-order valence-electron chi connectivity index (χ0n) is 17.0. The zero-order chi connectivity index (χ0) is 19.6. The van der Waals surface area contributed by atoms with Crippen LogP contribution in [0.5, 0.6) is 0 Å². The number of aromatic nitrogens is 3. The Morgan fingerprint density at radius 2 is 2.07 bits per heavy atom. The van der Waals surface area contributed by atoms with Gasteiger partial charge in [0.1, 0.15) is 18.0 Å². The van der Waals surface area contributed by atoms with Gasteiger partial charge in [0, 0.05) is 26.1 Å². The fraction of sp³-hybridized carbons (Fsp3) is 0.526. The van der Waals surface area contributed by atoms with Crippen LogP contribution >= 0.6 is 24.0 Å². The van der Waals surface area contributed by atoms with E-state index in [1.54, 1.807) is 18.5 Å². The first kappa shape index (κ1) is 24.3. The SMILES string of the molecule is CCNC(=NCC(c1cccc(F)c1)N(C)C)NCCn1cnnc1CC.I. The lowest BCUT2D eigenvalue weighted by Gasteiger charge is -2.24. The summed E-state index contributed by atoms with van der Waals surface area (Å²) in [5.41, 5.74) is 0.914. The number of rotatable bonds is 9. The molecule has 1 heterocycles. The number of benzene rings is 1. The standard InChI is InChI=1S/C19H30FN7.HI/c1-5-18-25-24-14-27(18)11-10-22-19(21-6-2)23-13-17(26(3)4)15-8-7-9-16(20)12-15;/h7-9,12,14,17H,5-6,10-11,13H2,1-4H3,(H2,21,22,23);1H. The molecule has 156 valence electrons. The van der Waals surface area contributed by atoms with E-state index in [1.807, 2.05) is 36.6 Å². The van der Waals surface area contributed by atoms with Gasteiger partial charge in [0.05, 0.1) is 12.6 Å². The summed E-state index contributed by atoms with van der Waals surface area (Å²) in [5, 5.41) is 14.6. The average molecular weight is 503 g/mol. The Morgan fingerprint density at radius 3 is 2.71 bits per heavy atom. The molecule has 9 heteroatoms.